The lowest BCUT2D eigenvalue weighted by Gasteiger charge is -2.01. The van der Waals surface area contributed by atoms with E-state index in [4.69, 9.17) is 9.83 Å². The third-order valence-corrected chi connectivity index (χ3v) is 1.98. The second-order valence-electron chi connectivity index (χ2n) is 2.77. The monoisotopic (exact) mass is 176 g/mol. The molecule has 2 rings (SSSR count). The predicted molar refractivity (Wildman–Crippen MR) is 47.3 cm³/mol. The van der Waals surface area contributed by atoms with Crippen LogP contribution in [0.5, 0.6) is 0 Å². The molecule has 0 aliphatic rings. The van der Waals surface area contributed by atoms with Gasteiger partial charge in [-0.25, -0.2) is 4.79 Å². The van der Waals surface area contributed by atoms with Gasteiger partial charge in [-0.2, -0.15) is 0 Å². The maximum Gasteiger partial charge on any atom is 0.348 e. The fourth-order valence-electron chi connectivity index (χ4n) is 1.26. The Morgan fingerprint density at radius 2 is 2.08 bits per heavy atom. The van der Waals surface area contributed by atoms with Gasteiger partial charge in [0.15, 0.2) is 0 Å². The number of rotatable bonds is 0. The van der Waals surface area contributed by atoms with Crippen molar-refractivity contribution in [2.24, 2.45) is 7.05 Å². The highest BCUT2D eigenvalue weighted by atomic mass is 16.4. The number of benzene rings is 1. The molecule has 1 aromatic heterocycles. The molecule has 0 atom stereocenters. The fourth-order valence-corrected chi connectivity index (χ4v) is 1.26. The smallest absolute Gasteiger partial charge is 0.348 e. The Kier molecular flexibility index (Phi) is 1.55. The number of nitrogens with zero attached hydrogens (tertiary/aromatic N) is 1. The third kappa shape index (κ3) is 1.07. The van der Waals surface area contributed by atoms with Gasteiger partial charge in [0.05, 0.1) is 10.9 Å². The van der Waals surface area contributed by atoms with Crippen molar-refractivity contribution in [2.75, 3.05) is 0 Å². The van der Waals surface area contributed by atoms with E-state index in [-0.39, 0.29) is 5.68 Å². The zero-order chi connectivity index (χ0) is 9.42. The highest BCUT2D eigenvalue weighted by molar-refractivity contribution is 5.76. The molecule has 1 aromatic carbocycles. The van der Waals surface area contributed by atoms with Gasteiger partial charge in [-0.3, -0.25) is 9.98 Å². The van der Waals surface area contributed by atoms with E-state index in [9.17, 15) is 4.79 Å². The Bertz CT molecular complexity index is 566. The van der Waals surface area contributed by atoms with Crippen LogP contribution < -0.4 is 11.3 Å². The lowest BCUT2D eigenvalue weighted by Crippen LogP contribution is -2.22. The zero-order valence-electron chi connectivity index (χ0n) is 7.07. The van der Waals surface area contributed by atoms with Crippen LogP contribution in [0.15, 0.2) is 33.5 Å². The van der Waals surface area contributed by atoms with Crippen LogP contribution in [-0.2, 0) is 7.05 Å². The normalized spacial score (nSPS) is 10.5. The number of hydrogen-bond donors (Lipinski definition) is 1. The molecule has 0 saturated heterocycles. The van der Waals surface area contributed by atoms with Crippen molar-refractivity contribution in [2.45, 2.75) is 0 Å². The second kappa shape index (κ2) is 2.58. The molecule has 1 heterocycles. The largest absolute Gasteiger partial charge is 0.389 e. The number of hydrogen-bond acceptors (Lipinski definition) is 3. The van der Waals surface area contributed by atoms with E-state index in [0.29, 0.717) is 10.9 Å². The molecule has 2 aromatic rings. The predicted octanol–water partition coefficient (Wildman–Crippen LogP) is 0.611. The number of nitrogens with one attached hydrogen (secondary N) is 1. The van der Waals surface area contributed by atoms with Gasteiger partial charge >= 0.3 is 5.63 Å². The fraction of sp³-hybridized carbons (Fsp3) is 0.111. The molecule has 0 bridgehead atoms. The first-order valence-electron chi connectivity index (χ1n) is 3.83. The molecule has 0 unspecified atom stereocenters. The minimum atomic E-state index is -0.460. The summed E-state index contributed by atoms with van der Waals surface area (Å²) in [6, 6.07) is 7.05. The maximum absolute atomic E-state index is 11.3. The SMILES string of the molecule is Cn1c(=N)oc(=O)c2ccccc21. The summed E-state index contributed by atoms with van der Waals surface area (Å²) in [4.78, 5) is 11.3. The average molecular weight is 176 g/mol. The Labute approximate surface area is 73.6 Å². The van der Waals surface area contributed by atoms with Crippen molar-refractivity contribution >= 4 is 10.9 Å². The van der Waals surface area contributed by atoms with Gasteiger partial charge in [-0.1, -0.05) is 12.1 Å². The first-order chi connectivity index (χ1) is 6.20. The first kappa shape index (κ1) is 7.79. The van der Waals surface area contributed by atoms with E-state index in [1.54, 1.807) is 25.2 Å². The lowest BCUT2D eigenvalue weighted by molar-refractivity contribution is 0.408. The van der Waals surface area contributed by atoms with E-state index >= 15 is 0 Å². The van der Waals surface area contributed by atoms with E-state index in [1.165, 1.54) is 4.57 Å². The molecule has 4 heteroatoms. The molecule has 66 valence electrons. The topological polar surface area (TPSA) is 59.0 Å². The molecule has 0 spiro atoms. The first-order valence-corrected chi connectivity index (χ1v) is 3.83. The molecule has 0 aliphatic carbocycles. The van der Waals surface area contributed by atoms with Crippen LogP contribution in [0.4, 0.5) is 0 Å². The van der Waals surface area contributed by atoms with Crippen molar-refractivity contribution in [3.63, 3.8) is 0 Å². The molecular weight excluding hydrogens is 168 g/mol. The summed E-state index contributed by atoms with van der Waals surface area (Å²) < 4.78 is 6.22. The van der Waals surface area contributed by atoms with Gasteiger partial charge in [0.2, 0.25) is 0 Å². The number of para-hydroxylation sites is 1. The molecule has 0 aliphatic heterocycles. The van der Waals surface area contributed by atoms with Gasteiger partial charge in [0.25, 0.3) is 5.68 Å². The lowest BCUT2D eigenvalue weighted by atomic mass is 10.2. The standard InChI is InChI=1S/C9H8N2O2/c1-11-7-5-3-2-4-6(7)8(12)13-9(11)10/h2-5,10H,1H3. The highest BCUT2D eigenvalue weighted by Gasteiger charge is 2.02. The van der Waals surface area contributed by atoms with Gasteiger partial charge in [0, 0.05) is 7.05 Å². The van der Waals surface area contributed by atoms with Gasteiger partial charge in [0.1, 0.15) is 0 Å². The molecule has 0 radical (unpaired) electrons. The van der Waals surface area contributed by atoms with Crippen LogP contribution in [0.2, 0.25) is 0 Å². The molecular formula is C9H8N2O2. The van der Waals surface area contributed by atoms with E-state index in [2.05, 4.69) is 0 Å². The summed E-state index contributed by atoms with van der Waals surface area (Å²) >= 11 is 0. The quantitative estimate of drug-likeness (QED) is 0.639. The van der Waals surface area contributed by atoms with Crippen molar-refractivity contribution in [3.8, 4) is 0 Å². The minimum absolute atomic E-state index is 0.135. The van der Waals surface area contributed by atoms with Crippen LogP contribution in [0, 0.1) is 5.41 Å². The van der Waals surface area contributed by atoms with Crippen molar-refractivity contribution in [1.82, 2.24) is 4.57 Å². The average Bonchev–Trinajstić information content (AvgIpc) is 2.15. The summed E-state index contributed by atoms with van der Waals surface area (Å²) in [5, 5.41) is 7.84. The molecule has 13 heavy (non-hydrogen) atoms. The molecule has 0 fully saturated rings. The zero-order valence-corrected chi connectivity index (χ0v) is 7.07. The Morgan fingerprint density at radius 1 is 1.38 bits per heavy atom. The van der Waals surface area contributed by atoms with Crippen molar-refractivity contribution in [1.29, 1.82) is 5.41 Å². The Balaban J connectivity index is 3.15. The van der Waals surface area contributed by atoms with E-state index in [0.717, 1.165) is 0 Å². The Hall–Kier alpha value is -1.84. The summed E-state index contributed by atoms with van der Waals surface area (Å²) in [7, 11) is 1.69. The van der Waals surface area contributed by atoms with Gasteiger partial charge < -0.3 is 4.42 Å². The summed E-state index contributed by atoms with van der Waals surface area (Å²) in [5.41, 5.74) is 0.117. The molecule has 0 amide bonds. The molecule has 4 nitrogen and oxygen atoms in total. The van der Waals surface area contributed by atoms with Crippen LogP contribution in [0.1, 0.15) is 0 Å². The summed E-state index contributed by atoms with van der Waals surface area (Å²) in [5.74, 6) is 0. The third-order valence-electron chi connectivity index (χ3n) is 1.98. The minimum Gasteiger partial charge on any atom is -0.389 e. The maximum atomic E-state index is 11.3. The summed E-state index contributed by atoms with van der Waals surface area (Å²) in [6.07, 6.45) is 0. The van der Waals surface area contributed by atoms with Crippen LogP contribution in [0.3, 0.4) is 0 Å². The van der Waals surface area contributed by atoms with Crippen LogP contribution >= 0.6 is 0 Å². The molecule has 0 saturated carbocycles. The number of aryl methyl sites for hydroxylation is 1. The van der Waals surface area contributed by atoms with Gasteiger partial charge in [-0.15, -0.1) is 0 Å². The van der Waals surface area contributed by atoms with Crippen LogP contribution in [0.25, 0.3) is 10.9 Å². The van der Waals surface area contributed by atoms with Crippen molar-refractivity contribution in [3.05, 3.63) is 40.4 Å². The van der Waals surface area contributed by atoms with E-state index in [1.807, 2.05) is 6.07 Å². The second-order valence-corrected chi connectivity index (χ2v) is 2.77. The Morgan fingerprint density at radius 3 is 2.85 bits per heavy atom. The number of aromatic nitrogens is 1. The van der Waals surface area contributed by atoms with E-state index < -0.39 is 5.63 Å². The molecule has 1 N–H and O–H groups in total. The summed E-state index contributed by atoms with van der Waals surface area (Å²) in [6.45, 7) is 0. The number of fused-ring (bicyclic) bond motifs is 1. The van der Waals surface area contributed by atoms with Crippen LogP contribution in [-0.4, -0.2) is 4.57 Å². The van der Waals surface area contributed by atoms with Crippen molar-refractivity contribution < 1.29 is 4.42 Å². The highest BCUT2D eigenvalue weighted by Crippen LogP contribution is 2.04. The van der Waals surface area contributed by atoms with Gasteiger partial charge in [-0.05, 0) is 12.1 Å².